The van der Waals surface area contributed by atoms with Crippen molar-refractivity contribution in [2.75, 3.05) is 6.61 Å². The van der Waals surface area contributed by atoms with Crippen molar-refractivity contribution in [2.24, 2.45) is 0 Å². The molecule has 1 saturated heterocycles. The molecule has 0 spiro atoms. The number of nitrogens with zero attached hydrogens (tertiary/aromatic N) is 4. The molecule has 2 unspecified atom stereocenters. The van der Waals surface area contributed by atoms with Gasteiger partial charge in [-0.15, -0.1) is 0 Å². The van der Waals surface area contributed by atoms with Crippen LogP contribution in [0.3, 0.4) is 0 Å². The van der Waals surface area contributed by atoms with Gasteiger partial charge in [0, 0.05) is 5.88 Å². The van der Waals surface area contributed by atoms with E-state index in [1.807, 2.05) is 0 Å². The van der Waals surface area contributed by atoms with Gasteiger partial charge in [0.25, 0.3) is 0 Å². The first kappa shape index (κ1) is 10.4. The van der Waals surface area contributed by atoms with E-state index in [1.165, 1.54) is 12.7 Å². The van der Waals surface area contributed by atoms with E-state index in [1.54, 1.807) is 4.57 Å². The molecule has 2 atom stereocenters. The van der Waals surface area contributed by atoms with E-state index in [0.29, 0.717) is 5.65 Å². The molecule has 2 aromatic rings. The molecular weight excluding hydrogens is 224 g/mol. The molecule has 0 aliphatic carbocycles. The number of aromatic nitrogens is 4. The van der Waals surface area contributed by atoms with Gasteiger partial charge >= 0.3 is 0 Å². The summed E-state index contributed by atoms with van der Waals surface area (Å²) in [5.41, 5.74) is 0.733. The summed E-state index contributed by atoms with van der Waals surface area (Å²) in [6.07, 6.45) is 3.95. The maximum Gasteiger partial charge on any atom is 0.164 e. The highest BCUT2D eigenvalue weighted by molar-refractivity contribution is 5.75. The van der Waals surface area contributed by atoms with Crippen LogP contribution in [-0.4, -0.2) is 37.3 Å². The molecule has 0 amide bonds. The number of imidazole rings is 1. The lowest BCUT2D eigenvalue weighted by Gasteiger charge is -2.14. The van der Waals surface area contributed by atoms with Crippen LogP contribution in [0.25, 0.3) is 11.2 Å². The van der Waals surface area contributed by atoms with Crippen LogP contribution >= 0.6 is 0 Å². The summed E-state index contributed by atoms with van der Waals surface area (Å²) in [7, 11) is 0. The second-order valence-corrected chi connectivity index (χ2v) is 3.98. The van der Waals surface area contributed by atoms with Crippen LogP contribution in [0, 0.1) is 0 Å². The van der Waals surface area contributed by atoms with Crippen molar-refractivity contribution in [2.45, 2.75) is 25.2 Å². The lowest BCUT2D eigenvalue weighted by atomic mass is 10.2. The maximum atomic E-state index is 11.4. The van der Waals surface area contributed by atoms with Crippen LogP contribution in [0.4, 0.5) is 0 Å². The van der Waals surface area contributed by atoms with Gasteiger partial charge in [0.15, 0.2) is 5.65 Å². The van der Waals surface area contributed by atoms with E-state index in [4.69, 9.17) is 9.84 Å². The Morgan fingerprint density at radius 3 is 3.06 bits per heavy atom. The van der Waals surface area contributed by atoms with E-state index in [0.717, 1.165) is 12.8 Å². The van der Waals surface area contributed by atoms with Crippen molar-refractivity contribution in [3.63, 3.8) is 0 Å². The van der Waals surface area contributed by atoms with Crippen LogP contribution in [0.15, 0.2) is 12.7 Å². The quantitative estimate of drug-likeness (QED) is 0.758. The molecule has 0 aromatic carbocycles. The molecule has 1 fully saturated rings. The molecule has 0 saturated carbocycles. The van der Waals surface area contributed by atoms with Crippen molar-refractivity contribution in [3.8, 4) is 5.88 Å². The lowest BCUT2D eigenvalue weighted by molar-refractivity contribution is -0.272. The van der Waals surface area contributed by atoms with Crippen molar-refractivity contribution < 1.29 is 14.9 Å². The van der Waals surface area contributed by atoms with E-state index in [9.17, 15) is 5.11 Å². The predicted molar refractivity (Wildman–Crippen MR) is 55.0 cm³/mol. The van der Waals surface area contributed by atoms with Crippen molar-refractivity contribution in [1.82, 2.24) is 19.5 Å². The Balaban J connectivity index is 1.99. The predicted octanol–water partition coefficient (Wildman–Crippen LogP) is -0.430. The Hall–Kier alpha value is -1.73. The van der Waals surface area contributed by atoms with Gasteiger partial charge < -0.3 is 14.9 Å². The first-order chi connectivity index (χ1) is 8.29. The van der Waals surface area contributed by atoms with Gasteiger partial charge in [-0.3, -0.25) is 9.55 Å². The van der Waals surface area contributed by atoms with Crippen molar-refractivity contribution in [3.05, 3.63) is 12.7 Å². The molecule has 3 rings (SSSR count). The Morgan fingerprint density at radius 1 is 1.41 bits per heavy atom. The highest BCUT2D eigenvalue weighted by Crippen LogP contribution is 2.30. The highest BCUT2D eigenvalue weighted by Gasteiger charge is 2.27. The molecule has 17 heavy (non-hydrogen) atoms. The molecule has 90 valence electrons. The Morgan fingerprint density at radius 2 is 2.29 bits per heavy atom. The van der Waals surface area contributed by atoms with Gasteiger partial charge in [-0.05, 0) is 12.8 Å². The van der Waals surface area contributed by atoms with Gasteiger partial charge in [0.1, 0.15) is 18.1 Å². The highest BCUT2D eigenvalue weighted by atomic mass is 16.5. The number of ether oxygens (including phenoxy) is 1. The van der Waals surface area contributed by atoms with Gasteiger partial charge in [-0.2, -0.15) is 0 Å². The molecule has 1 aliphatic heterocycles. The van der Waals surface area contributed by atoms with Crippen LogP contribution in [0.5, 0.6) is 5.88 Å². The van der Waals surface area contributed by atoms with Crippen LogP contribution in [0.2, 0.25) is 0 Å². The molecule has 1 N–H and O–H groups in total. The second-order valence-electron chi connectivity index (χ2n) is 3.98. The van der Waals surface area contributed by atoms with Crippen LogP contribution in [-0.2, 0) is 4.74 Å². The smallest absolute Gasteiger partial charge is 0.164 e. The van der Waals surface area contributed by atoms with Crippen LogP contribution in [0.1, 0.15) is 19.1 Å². The van der Waals surface area contributed by atoms with Gasteiger partial charge in [-0.1, -0.05) is 0 Å². The van der Waals surface area contributed by atoms with E-state index < -0.39 is 0 Å². The summed E-state index contributed by atoms with van der Waals surface area (Å²) in [6.45, 7) is 0.00488. The number of hydrogen-bond acceptors (Lipinski definition) is 6. The average Bonchev–Trinajstić information content (AvgIpc) is 2.94. The zero-order chi connectivity index (χ0) is 11.8. The molecule has 0 bridgehead atoms. The lowest BCUT2D eigenvalue weighted by Crippen LogP contribution is -2.14. The summed E-state index contributed by atoms with van der Waals surface area (Å²) in [6, 6.07) is 0. The summed E-state index contributed by atoms with van der Waals surface area (Å²) >= 11 is 0. The Labute approximate surface area is 96.7 Å². The number of rotatable bonds is 2. The third kappa shape index (κ3) is 1.63. The zero-order valence-electron chi connectivity index (χ0n) is 8.98. The SMILES string of the molecule is [O-]c1ncnc2c1ncn2C1CCC(CO)O1. The molecule has 1 aliphatic rings. The molecular formula is C10H11N4O3-. The third-order valence-corrected chi connectivity index (χ3v) is 2.92. The first-order valence-electron chi connectivity index (χ1n) is 5.40. The first-order valence-corrected chi connectivity index (χ1v) is 5.40. The van der Waals surface area contributed by atoms with Gasteiger partial charge in [0.05, 0.1) is 19.0 Å². The van der Waals surface area contributed by atoms with Crippen molar-refractivity contribution in [1.29, 1.82) is 0 Å². The number of fused-ring (bicyclic) bond motifs is 1. The minimum atomic E-state index is -0.384. The summed E-state index contributed by atoms with van der Waals surface area (Å²) in [5, 5.41) is 20.4. The monoisotopic (exact) mass is 235 g/mol. The number of aliphatic hydroxyl groups excluding tert-OH is 1. The minimum Gasteiger partial charge on any atom is -0.857 e. The molecule has 0 radical (unpaired) electrons. The molecule has 7 nitrogen and oxygen atoms in total. The Kier molecular flexibility index (Phi) is 2.41. The number of hydrogen-bond donors (Lipinski definition) is 1. The third-order valence-electron chi connectivity index (χ3n) is 2.92. The molecule has 2 aromatic heterocycles. The zero-order valence-corrected chi connectivity index (χ0v) is 8.98. The molecule has 3 heterocycles. The molecule has 7 heteroatoms. The van der Waals surface area contributed by atoms with Gasteiger partial charge in [-0.25, -0.2) is 9.97 Å². The maximum absolute atomic E-state index is 11.4. The normalized spacial score (nSPS) is 24.5. The van der Waals surface area contributed by atoms with E-state index in [-0.39, 0.29) is 30.3 Å². The van der Waals surface area contributed by atoms with E-state index in [2.05, 4.69) is 15.0 Å². The summed E-state index contributed by atoms with van der Waals surface area (Å²) in [4.78, 5) is 11.6. The summed E-state index contributed by atoms with van der Waals surface area (Å²) < 4.78 is 7.33. The standard InChI is InChI=1S/C10H12N4O3/c15-3-6-1-2-7(17-6)14-5-13-8-9(14)11-4-12-10(8)16/h4-7,15H,1-3H2,(H,11,12,16)/p-1. The van der Waals surface area contributed by atoms with Gasteiger partial charge in [0.2, 0.25) is 0 Å². The minimum absolute atomic E-state index is 0.00488. The topological polar surface area (TPSA) is 96.1 Å². The summed E-state index contributed by atoms with van der Waals surface area (Å²) in [5.74, 6) is -0.384. The van der Waals surface area contributed by atoms with Crippen molar-refractivity contribution >= 4 is 11.2 Å². The van der Waals surface area contributed by atoms with E-state index >= 15 is 0 Å². The number of aliphatic hydroxyl groups is 1. The largest absolute Gasteiger partial charge is 0.857 e. The fourth-order valence-corrected chi connectivity index (χ4v) is 2.07. The van der Waals surface area contributed by atoms with Crippen LogP contribution < -0.4 is 5.11 Å². The Bertz CT molecular complexity index is 541. The fourth-order valence-electron chi connectivity index (χ4n) is 2.07. The fraction of sp³-hybridized carbons (Fsp3) is 0.500. The second kappa shape index (κ2) is 3.94. The average molecular weight is 235 g/mol.